The minimum atomic E-state index is -1.72. The van der Waals surface area contributed by atoms with Crippen LogP contribution in [0, 0.1) is 0 Å². The fraction of sp³-hybridized carbons (Fsp3) is 0.769. The van der Waals surface area contributed by atoms with Gasteiger partial charge in [0.15, 0.2) is 0 Å². The first-order chi connectivity index (χ1) is 13.0. The molecule has 0 radical (unpaired) electrons. The third-order valence-electron chi connectivity index (χ3n) is 7.00. The van der Waals surface area contributed by atoms with Gasteiger partial charge in [-0.15, -0.1) is 0 Å². The second-order valence-electron chi connectivity index (χ2n) is 14.6. The van der Waals surface area contributed by atoms with E-state index in [0.29, 0.717) is 0 Å². The van der Waals surface area contributed by atoms with Gasteiger partial charge in [0.05, 0.1) is 16.1 Å². The van der Waals surface area contributed by atoms with E-state index in [4.69, 9.17) is 0 Å². The van der Waals surface area contributed by atoms with Crippen LogP contribution in [-0.4, -0.2) is 26.5 Å². The fourth-order valence-electron chi connectivity index (χ4n) is 5.58. The zero-order valence-corrected chi connectivity index (χ0v) is 25.5. The average molecular weight is 467 g/mol. The second kappa shape index (κ2) is 7.26. The fourth-order valence-corrected chi connectivity index (χ4v) is 28.4. The summed E-state index contributed by atoms with van der Waals surface area (Å²) in [6.45, 7) is 35.4. The summed E-state index contributed by atoms with van der Waals surface area (Å²) in [7, 11) is -4.23. The van der Waals surface area contributed by atoms with Gasteiger partial charge >= 0.3 is 0 Å². The van der Waals surface area contributed by atoms with Crippen molar-refractivity contribution in [3.63, 3.8) is 0 Å². The molecule has 2 unspecified atom stereocenters. The molecule has 0 bridgehead atoms. The predicted octanol–water partition coefficient (Wildman–Crippen LogP) is 8.49. The van der Waals surface area contributed by atoms with Gasteiger partial charge in [0.1, 0.15) is 5.91 Å². The van der Waals surface area contributed by atoms with E-state index in [-0.39, 0.29) is 20.6 Å². The van der Waals surface area contributed by atoms with Gasteiger partial charge in [0.25, 0.3) is 0 Å². The van der Waals surface area contributed by atoms with Crippen molar-refractivity contribution in [2.45, 2.75) is 128 Å². The summed E-state index contributed by atoms with van der Waals surface area (Å²) in [6.07, 6.45) is 0. The van der Waals surface area contributed by atoms with Crippen molar-refractivity contribution in [2.24, 2.45) is 0 Å². The topological polar surface area (TPSA) is 0 Å². The van der Waals surface area contributed by atoms with Gasteiger partial charge in [0.2, 0.25) is 0 Å². The lowest BCUT2D eigenvalue weighted by molar-refractivity contribution is 0.494. The number of benzene rings is 1. The minimum absolute atomic E-state index is 0.00581. The summed E-state index contributed by atoms with van der Waals surface area (Å²) >= 11 is 0. The van der Waals surface area contributed by atoms with Gasteiger partial charge in [-0.25, -0.2) is 4.39 Å². The molecule has 0 aromatic heterocycles. The molecule has 1 aromatic carbocycles. The van der Waals surface area contributed by atoms with E-state index < -0.39 is 30.0 Å². The van der Waals surface area contributed by atoms with E-state index in [9.17, 15) is 0 Å². The molecule has 1 aliphatic heterocycles. The molecular weight excluding hydrogens is 418 g/mol. The number of hydrogen-bond donors (Lipinski definition) is 0. The average Bonchev–Trinajstić information content (AvgIpc) is 3.09. The monoisotopic (exact) mass is 466 g/mol. The maximum absolute atomic E-state index is 16.3. The minimum Gasteiger partial charge on any atom is -0.242 e. The van der Waals surface area contributed by atoms with Gasteiger partial charge in [-0.05, 0) is 46.2 Å². The highest BCUT2D eigenvalue weighted by Crippen LogP contribution is 2.81. The third kappa shape index (κ3) is 4.17. The van der Waals surface area contributed by atoms with Crippen LogP contribution in [0.5, 0.6) is 0 Å². The van der Waals surface area contributed by atoms with Crippen molar-refractivity contribution in [1.82, 2.24) is 0 Å². The number of rotatable bonds is 3. The van der Waals surface area contributed by atoms with Crippen molar-refractivity contribution in [3.05, 3.63) is 28.8 Å². The largest absolute Gasteiger partial charge is 0.242 e. The van der Waals surface area contributed by atoms with Gasteiger partial charge < -0.3 is 0 Å². The molecule has 1 aliphatic rings. The van der Waals surface area contributed by atoms with Crippen LogP contribution in [0.1, 0.15) is 79.0 Å². The molecule has 0 nitrogen and oxygen atoms in total. The lowest BCUT2D eigenvalue weighted by atomic mass is 9.75. The Morgan fingerprint density at radius 1 is 0.700 bits per heavy atom. The quantitative estimate of drug-likeness (QED) is 0.309. The first-order valence-corrected chi connectivity index (χ1v) is 20.0. The Hall–Kier alpha value is 0.0138. The molecule has 1 fully saturated rings. The zero-order valence-electron chi connectivity index (χ0n) is 22.6. The Balaban J connectivity index is 2.99. The molecule has 0 N–H and O–H groups in total. The molecule has 0 saturated carbocycles. The molecule has 0 amide bonds. The first-order valence-electron chi connectivity index (χ1n) is 11.6. The Morgan fingerprint density at radius 3 is 1.23 bits per heavy atom. The highest BCUT2D eigenvalue weighted by Gasteiger charge is 2.77. The van der Waals surface area contributed by atoms with Crippen molar-refractivity contribution in [2.75, 3.05) is 0 Å². The van der Waals surface area contributed by atoms with Crippen LogP contribution in [0.15, 0.2) is 12.1 Å². The molecule has 2 atom stereocenters. The Kier molecular flexibility index (Phi) is 6.35. The van der Waals surface area contributed by atoms with E-state index in [2.05, 4.69) is 114 Å². The summed E-state index contributed by atoms with van der Waals surface area (Å²) in [6, 6.07) is 4.88. The summed E-state index contributed by atoms with van der Waals surface area (Å²) < 4.78 is 16.3. The van der Waals surface area contributed by atoms with Crippen molar-refractivity contribution in [1.29, 1.82) is 0 Å². The van der Waals surface area contributed by atoms with Crippen molar-refractivity contribution in [3.8, 4) is 0 Å². The molecule has 30 heavy (non-hydrogen) atoms. The normalized spacial score (nSPS) is 22.9. The van der Waals surface area contributed by atoms with E-state index in [1.807, 2.05) is 0 Å². The molecule has 4 heteroatoms. The van der Waals surface area contributed by atoms with Crippen LogP contribution < -0.4 is 5.30 Å². The lowest BCUT2D eigenvalue weighted by Gasteiger charge is -2.41. The predicted molar refractivity (Wildman–Crippen MR) is 143 cm³/mol. The van der Waals surface area contributed by atoms with Crippen LogP contribution in [-0.2, 0) is 16.2 Å². The van der Waals surface area contributed by atoms with Crippen LogP contribution in [0.4, 0.5) is 4.39 Å². The van der Waals surface area contributed by atoms with Crippen LogP contribution >= 0.6 is 7.92 Å². The lowest BCUT2D eigenvalue weighted by Crippen LogP contribution is -2.58. The van der Waals surface area contributed by atoms with Crippen LogP contribution in [0.2, 0.25) is 39.3 Å². The third-order valence-corrected chi connectivity index (χ3v) is 25.1. The molecule has 1 heterocycles. The maximum Gasteiger partial charge on any atom is 0.128 e. The molecule has 1 aromatic rings. The standard InChI is InChI=1S/C26H48FPSi2/c1-23(2,3)18-16-19(24(4,5)6)21(20(17-18)25(7,8)9)28-22(27)26(28,29(10,11)12)30(13,14)15/h16-17,22H,1-15H3. The maximum atomic E-state index is 16.3. The highest BCUT2D eigenvalue weighted by atomic mass is 31.1. The van der Waals surface area contributed by atoms with E-state index in [0.717, 1.165) is 0 Å². The molecule has 1 saturated heterocycles. The summed E-state index contributed by atoms with van der Waals surface area (Å²) in [5, 5.41) is 1.43. The Labute approximate surface area is 190 Å². The van der Waals surface area contributed by atoms with E-state index in [1.165, 1.54) is 22.0 Å². The molecule has 172 valence electrons. The number of halogens is 1. The molecule has 2 rings (SSSR count). The van der Waals surface area contributed by atoms with Crippen LogP contribution in [0.3, 0.4) is 0 Å². The summed E-state index contributed by atoms with van der Waals surface area (Å²) in [5.74, 6) is -0.631. The number of hydrogen-bond acceptors (Lipinski definition) is 0. The SMILES string of the molecule is CC(C)(C)c1cc(C(C)(C)C)c(P2C(F)C2([Si](C)(C)C)[Si](C)(C)C)c(C(C)(C)C)c1. The van der Waals surface area contributed by atoms with E-state index >= 15 is 4.39 Å². The smallest absolute Gasteiger partial charge is 0.128 e. The molecule has 0 spiro atoms. The first kappa shape index (κ1) is 26.3. The van der Waals surface area contributed by atoms with Gasteiger partial charge in [-0.3, -0.25) is 0 Å². The van der Waals surface area contributed by atoms with Crippen molar-refractivity contribution < 1.29 is 4.39 Å². The Morgan fingerprint density at radius 2 is 1.03 bits per heavy atom. The van der Waals surface area contributed by atoms with E-state index in [1.54, 1.807) is 0 Å². The molecule has 0 aliphatic carbocycles. The summed E-state index contributed by atoms with van der Waals surface area (Å²) in [5.41, 5.74) is 4.30. The highest BCUT2D eigenvalue weighted by molar-refractivity contribution is 7.82. The van der Waals surface area contributed by atoms with Crippen molar-refractivity contribution >= 4 is 29.4 Å². The van der Waals surface area contributed by atoms with Gasteiger partial charge in [0, 0.05) is 4.40 Å². The second-order valence-corrected chi connectivity index (χ2v) is 28.9. The zero-order chi connectivity index (χ0) is 23.9. The Bertz CT molecular complexity index is 759. The van der Waals surface area contributed by atoms with Gasteiger partial charge in [-0.1, -0.05) is 114 Å². The number of alkyl halides is 1. The van der Waals surface area contributed by atoms with Crippen LogP contribution in [0.25, 0.3) is 0 Å². The molecular formula is C26H48FPSi2. The summed E-state index contributed by atoms with van der Waals surface area (Å²) in [4.78, 5) is 0. The van der Waals surface area contributed by atoms with Gasteiger partial charge in [-0.2, -0.15) is 0 Å².